The van der Waals surface area contributed by atoms with Crippen LogP contribution in [0.4, 0.5) is 0 Å². The Morgan fingerprint density at radius 1 is 0.333 bits per heavy atom. The van der Waals surface area contributed by atoms with Gasteiger partial charge in [0.05, 0.1) is 0 Å². The van der Waals surface area contributed by atoms with E-state index in [1.165, 1.54) is 54.1 Å². The van der Waals surface area contributed by atoms with E-state index >= 15 is 0 Å². The Hall–Kier alpha value is -5.09. The van der Waals surface area contributed by atoms with E-state index in [-0.39, 0.29) is 0 Å². The van der Waals surface area contributed by atoms with Gasteiger partial charge in [-0.1, -0.05) is 0 Å². The maximum absolute atomic E-state index is 8.90. The molecule has 1 unspecified atom stereocenters. The van der Waals surface area contributed by atoms with E-state index in [4.69, 9.17) is 11.6 Å². The van der Waals surface area contributed by atoms with Crippen molar-refractivity contribution < 1.29 is 0 Å². The van der Waals surface area contributed by atoms with Crippen molar-refractivity contribution in [3.63, 3.8) is 0 Å². The van der Waals surface area contributed by atoms with Crippen LogP contribution in [0.1, 0.15) is 16.5 Å². The summed E-state index contributed by atoms with van der Waals surface area (Å²) in [6, 6.07) is 87.1. The SMILES string of the molecule is ClC1c2ccccc2-c2ccccc2CC1([PH](c1ccccc1)(c1ccccc1)c1ccccc1)[PH](c1ccccc1)(c1ccccc1)c1ccccc1. The summed E-state index contributed by atoms with van der Waals surface area (Å²) in [4.78, 5) is -0.599. The Kier molecular flexibility index (Phi) is 9.39. The van der Waals surface area contributed by atoms with Crippen LogP contribution in [0.25, 0.3) is 11.1 Å². The zero-order valence-electron chi connectivity index (χ0n) is 30.1. The molecule has 8 aromatic carbocycles. The first-order valence-electron chi connectivity index (χ1n) is 18.9. The summed E-state index contributed by atoms with van der Waals surface area (Å²) in [6.07, 6.45) is 0.780. The molecule has 3 heteroatoms. The van der Waals surface area contributed by atoms with Gasteiger partial charge in [-0.05, 0) is 0 Å². The molecule has 1 aliphatic rings. The average molecular weight is 753 g/mol. The van der Waals surface area contributed by atoms with Crippen molar-refractivity contribution in [3.8, 4) is 11.1 Å². The van der Waals surface area contributed by atoms with Crippen LogP contribution >= 0.6 is 26.1 Å². The van der Waals surface area contributed by atoms with Crippen molar-refractivity contribution in [3.05, 3.63) is 242 Å². The predicted molar refractivity (Wildman–Crippen MR) is 240 cm³/mol. The molecule has 0 spiro atoms. The molecule has 0 radical (unpaired) electrons. The van der Waals surface area contributed by atoms with Gasteiger partial charge in [0.25, 0.3) is 0 Å². The van der Waals surface area contributed by atoms with Crippen LogP contribution in [0.5, 0.6) is 0 Å². The van der Waals surface area contributed by atoms with Crippen LogP contribution in [0, 0.1) is 0 Å². The number of hydrogen-bond acceptors (Lipinski definition) is 0. The molecule has 1 aliphatic carbocycles. The molecule has 0 saturated heterocycles. The summed E-state index contributed by atoms with van der Waals surface area (Å²) in [5.74, 6) is 0. The van der Waals surface area contributed by atoms with E-state index < -0.39 is 24.8 Å². The molecule has 0 amide bonds. The fourth-order valence-corrected chi connectivity index (χ4v) is 27.5. The zero-order chi connectivity index (χ0) is 36.4. The van der Waals surface area contributed by atoms with Crippen molar-refractivity contribution in [1.82, 2.24) is 0 Å². The maximum atomic E-state index is 8.90. The third kappa shape index (κ3) is 5.20. The van der Waals surface area contributed by atoms with Gasteiger partial charge in [-0.15, -0.1) is 0 Å². The van der Waals surface area contributed by atoms with Crippen LogP contribution < -0.4 is 31.8 Å². The van der Waals surface area contributed by atoms with Crippen molar-refractivity contribution >= 4 is 58.0 Å². The third-order valence-electron chi connectivity index (χ3n) is 12.0. The fourth-order valence-electron chi connectivity index (χ4n) is 10.2. The van der Waals surface area contributed by atoms with Gasteiger partial charge in [0.1, 0.15) is 0 Å². The van der Waals surface area contributed by atoms with Gasteiger partial charge in [-0.3, -0.25) is 0 Å². The van der Waals surface area contributed by atoms with E-state index in [0.29, 0.717) is 0 Å². The minimum atomic E-state index is -3.36. The van der Waals surface area contributed by atoms with Gasteiger partial charge in [0.2, 0.25) is 0 Å². The first-order chi connectivity index (χ1) is 26.7. The second kappa shape index (κ2) is 14.6. The van der Waals surface area contributed by atoms with Crippen LogP contribution in [-0.4, -0.2) is 4.90 Å². The Labute approximate surface area is 325 Å². The molecule has 8 aromatic rings. The average Bonchev–Trinajstić information content (AvgIpc) is 3.37. The van der Waals surface area contributed by atoms with Crippen molar-refractivity contribution in [2.45, 2.75) is 16.7 Å². The van der Waals surface area contributed by atoms with Crippen molar-refractivity contribution in [2.24, 2.45) is 0 Å². The summed E-state index contributed by atoms with van der Waals surface area (Å²) in [5.41, 5.74) is 5.04. The molecule has 0 N–H and O–H groups in total. The first-order valence-corrected chi connectivity index (χ1v) is 23.3. The number of halogens is 1. The Morgan fingerprint density at radius 2 is 0.611 bits per heavy atom. The number of hydrogen-bond donors (Lipinski definition) is 0. The Balaban J connectivity index is 1.64. The molecule has 9 rings (SSSR count). The van der Waals surface area contributed by atoms with Gasteiger partial charge in [-0.2, -0.15) is 0 Å². The van der Waals surface area contributed by atoms with Crippen molar-refractivity contribution in [1.29, 1.82) is 0 Å². The number of alkyl halides is 1. The van der Waals surface area contributed by atoms with Crippen LogP contribution in [0.2, 0.25) is 0 Å². The molecule has 0 fully saturated rings. The Bertz CT molecular complexity index is 2150. The van der Waals surface area contributed by atoms with E-state index in [0.717, 1.165) is 6.42 Å². The molecule has 0 aromatic heterocycles. The summed E-state index contributed by atoms with van der Waals surface area (Å²) in [7, 11) is -6.72. The zero-order valence-corrected chi connectivity index (χ0v) is 32.9. The van der Waals surface area contributed by atoms with Gasteiger partial charge in [0, 0.05) is 0 Å². The topological polar surface area (TPSA) is 0 Å². The standard InChI is InChI=1S/C51H43ClP2/c52-50-49-38-22-21-37-48(49)47-36-20-19-23-40(47)39-51(50,53(41-24-7-1-8-25-41,42-26-9-2-10-27-42)43-28-11-3-12-29-43)54(44-30-13-4-14-31-44,45-32-15-5-16-33-45)46-34-17-6-18-35-46/h1-38,50,53-54H,39H2. The molecule has 0 heterocycles. The van der Waals surface area contributed by atoms with E-state index in [1.807, 2.05) is 0 Å². The van der Waals surface area contributed by atoms with E-state index in [9.17, 15) is 0 Å². The third-order valence-corrected chi connectivity index (χ3v) is 26.0. The second-order valence-electron chi connectivity index (χ2n) is 14.5. The molecule has 0 nitrogen and oxygen atoms in total. The molecular formula is C51H43ClP2. The predicted octanol–water partition coefficient (Wildman–Crippen LogP) is 10.3. The van der Waals surface area contributed by atoms with Gasteiger partial charge < -0.3 is 0 Å². The molecule has 1 atom stereocenters. The van der Waals surface area contributed by atoms with Crippen LogP contribution in [0.3, 0.4) is 0 Å². The quantitative estimate of drug-likeness (QED) is 0.107. The number of fused-ring (bicyclic) bond motifs is 3. The van der Waals surface area contributed by atoms with E-state index in [1.54, 1.807) is 0 Å². The molecule has 0 saturated carbocycles. The number of rotatable bonds is 8. The van der Waals surface area contributed by atoms with Gasteiger partial charge >= 0.3 is 327 Å². The minimum absolute atomic E-state index is 0.402. The van der Waals surface area contributed by atoms with E-state index in [2.05, 4.69) is 231 Å². The fraction of sp³-hybridized carbons (Fsp3) is 0.0588. The van der Waals surface area contributed by atoms with Crippen molar-refractivity contribution in [2.75, 3.05) is 0 Å². The molecule has 0 aliphatic heterocycles. The van der Waals surface area contributed by atoms with Crippen LogP contribution in [0.15, 0.2) is 231 Å². The summed E-state index contributed by atoms with van der Waals surface area (Å²) in [5, 5.41) is 7.79. The van der Waals surface area contributed by atoms with Crippen LogP contribution in [-0.2, 0) is 6.42 Å². The summed E-state index contributed by atoms with van der Waals surface area (Å²) >= 11 is 8.90. The molecular weight excluding hydrogens is 710 g/mol. The normalized spacial score (nSPS) is 17.4. The molecule has 0 bridgehead atoms. The number of benzene rings is 8. The van der Waals surface area contributed by atoms with Gasteiger partial charge in [-0.25, -0.2) is 0 Å². The Morgan fingerprint density at radius 3 is 0.963 bits per heavy atom. The molecule has 264 valence electrons. The monoisotopic (exact) mass is 752 g/mol. The second-order valence-corrected chi connectivity index (χ2v) is 23.6. The summed E-state index contributed by atoms with van der Waals surface area (Å²) in [6.45, 7) is 0. The first kappa shape index (κ1) is 34.7. The molecule has 54 heavy (non-hydrogen) atoms. The van der Waals surface area contributed by atoms with Gasteiger partial charge in [0.15, 0.2) is 0 Å². The summed E-state index contributed by atoms with van der Waals surface area (Å²) < 4.78 is 0.